The fraction of sp³-hybridized carbons (Fsp3) is 0.600. The number of aromatic nitrogens is 2. The third-order valence-electron chi connectivity index (χ3n) is 2.80. The highest BCUT2D eigenvalue weighted by Crippen LogP contribution is 2.23. The van der Waals surface area contributed by atoms with Gasteiger partial charge in [-0.3, -0.25) is 0 Å². The second-order valence-electron chi connectivity index (χ2n) is 3.81. The van der Waals surface area contributed by atoms with Gasteiger partial charge in [0, 0.05) is 19.6 Å². The predicted octanol–water partition coefficient (Wildman–Crippen LogP) is 1.32. The van der Waals surface area contributed by atoms with Gasteiger partial charge in [-0.05, 0) is 19.4 Å². The summed E-state index contributed by atoms with van der Waals surface area (Å²) in [4.78, 5) is 10.2. The maximum Gasteiger partial charge on any atom is 0.150 e. The molecule has 0 amide bonds. The number of nitrogens with one attached hydrogen (secondary N) is 1. The molecule has 2 heterocycles. The van der Waals surface area contributed by atoms with Crippen LogP contribution in [-0.4, -0.2) is 36.1 Å². The van der Waals surface area contributed by atoms with Gasteiger partial charge in [-0.25, -0.2) is 9.97 Å². The topological polar surface area (TPSA) is 41.1 Å². The van der Waals surface area contributed by atoms with Gasteiger partial charge in [0.1, 0.15) is 11.3 Å². The normalized spacial score (nSPS) is 21.3. The molecule has 1 fully saturated rings. The summed E-state index contributed by atoms with van der Waals surface area (Å²) in [5.74, 6) is 0.820. The largest absolute Gasteiger partial charge is 0.354 e. The lowest BCUT2D eigenvalue weighted by Crippen LogP contribution is -2.44. The number of anilines is 1. The van der Waals surface area contributed by atoms with Crippen molar-refractivity contribution in [3.8, 4) is 0 Å². The SMILES string of the molecule is CN(c1ncncc1Cl)C1CCCNC1. The lowest BCUT2D eigenvalue weighted by Gasteiger charge is -2.32. The van der Waals surface area contributed by atoms with Crippen LogP contribution in [0.2, 0.25) is 5.02 Å². The van der Waals surface area contributed by atoms with E-state index in [1.807, 2.05) is 7.05 Å². The highest BCUT2D eigenvalue weighted by Gasteiger charge is 2.20. The van der Waals surface area contributed by atoms with E-state index < -0.39 is 0 Å². The first kappa shape index (κ1) is 10.6. The summed E-state index contributed by atoms with van der Waals surface area (Å²) in [5.41, 5.74) is 0. The number of hydrogen-bond donors (Lipinski definition) is 1. The Morgan fingerprint density at radius 3 is 3.13 bits per heavy atom. The first-order valence-electron chi connectivity index (χ1n) is 5.18. The van der Waals surface area contributed by atoms with E-state index >= 15 is 0 Å². The molecule has 5 heteroatoms. The minimum absolute atomic E-state index is 0.478. The molecule has 1 N–H and O–H groups in total. The molecule has 1 unspecified atom stereocenters. The first-order valence-corrected chi connectivity index (χ1v) is 5.56. The second-order valence-corrected chi connectivity index (χ2v) is 4.21. The van der Waals surface area contributed by atoms with Crippen molar-refractivity contribution in [1.82, 2.24) is 15.3 Å². The van der Waals surface area contributed by atoms with Crippen molar-refractivity contribution in [3.05, 3.63) is 17.5 Å². The molecule has 1 atom stereocenters. The molecule has 1 aliphatic heterocycles. The molecule has 0 aromatic carbocycles. The molecule has 2 rings (SSSR count). The Bertz CT molecular complexity index is 325. The molecule has 0 spiro atoms. The third kappa shape index (κ3) is 2.38. The monoisotopic (exact) mass is 226 g/mol. The maximum absolute atomic E-state index is 6.05. The van der Waals surface area contributed by atoms with E-state index in [0.29, 0.717) is 11.1 Å². The predicted molar refractivity (Wildman–Crippen MR) is 61.3 cm³/mol. The fourth-order valence-corrected chi connectivity index (χ4v) is 2.14. The highest BCUT2D eigenvalue weighted by atomic mass is 35.5. The van der Waals surface area contributed by atoms with Crippen LogP contribution in [0.15, 0.2) is 12.5 Å². The summed E-state index contributed by atoms with van der Waals surface area (Å²) in [7, 11) is 2.03. The Morgan fingerprint density at radius 2 is 2.47 bits per heavy atom. The van der Waals surface area contributed by atoms with Crippen molar-refractivity contribution >= 4 is 17.4 Å². The van der Waals surface area contributed by atoms with Crippen LogP contribution in [0.4, 0.5) is 5.82 Å². The van der Waals surface area contributed by atoms with Crippen molar-refractivity contribution in [2.24, 2.45) is 0 Å². The highest BCUT2D eigenvalue weighted by molar-refractivity contribution is 6.32. The average molecular weight is 227 g/mol. The molecular weight excluding hydrogens is 212 g/mol. The Hall–Kier alpha value is -0.870. The molecule has 1 aromatic heterocycles. The van der Waals surface area contributed by atoms with Gasteiger partial charge in [0.15, 0.2) is 5.82 Å². The minimum Gasteiger partial charge on any atom is -0.354 e. The molecule has 0 aliphatic carbocycles. The fourth-order valence-electron chi connectivity index (χ4n) is 1.90. The van der Waals surface area contributed by atoms with Crippen molar-refractivity contribution in [1.29, 1.82) is 0 Å². The Morgan fingerprint density at radius 1 is 1.60 bits per heavy atom. The van der Waals surface area contributed by atoms with E-state index in [-0.39, 0.29) is 0 Å². The van der Waals surface area contributed by atoms with Gasteiger partial charge in [0.2, 0.25) is 0 Å². The van der Waals surface area contributed by atoms with Crippen molar-refractivity contribution < 1.29 is 0 Å². The number of halogens is 1. The lowest BCUT2D eigenvalue weighted by atomic mass is 10.1. The number of rotatable bonds is 2. The standard InChI is InChI=1S/C10H15ClN4/c1-15(8-3-2-4-12-5-8)10-9(11)6-13-7-14-10/h6-8,12H,2-5H2,1H3. The molecule has 0 saturated carbocycles. The molecule has 4 nitrogen and oxygen atoms in total. The molecular formula is C10H15ClN4. The van der Waals surface area contributed by atoms with Gasteiger partial charge in [-0.2, -0.15) is 0 Å². The van der Waals surface area contributed by atoms with Crippen LogP contribution in [0, 0.1) is 0 Å². The number of piperidine rings is 1. The van der Waals surface area contributed by atoms with Gasteiger partial charge in [-0.1, -0.05) is 11.6 Å². The van der Waals surface area contributed by atoms with Gasteiger partial charge in [0.05, 0.1) is 6.20 Å². The summed E-state index contributed by atoms with van der Waals surface area (Å²) >= 11 is 6.05. The average Bonchev–Trinajstić information content (AvgIpc) is 2.30. The van der Waals surface area contributed by atoms with Crippen molar-refractivity contribution in [2.75, 3.05) is 25.0 Å². The van der Waals surface area contributed by atoms with Crippen molar-refractivity contribution in [3.63, 3.8) is 0 Å². The molecule has 1 aromatic rings. The molecule has 0 radical (unpaired) electrons. The quantitative estimate of drug-likeness (QED) is 0.826. The van der Waals surface area contributed by atoms with E-state index in [9.17, 15) is 0 Å². The van der Waals surface area contributed by atoms with Crippen LogP contribution >= 0.6 is 11.6 Å². The summed E-state index contributed by atoms with van der Waals surface area (Å²) < 4.78 is 0. The van der Waals surface area contributed by atoms with Crippen molar-refractivity contribution in [2.45, 2.75) is 18.9 Å². The zero-order chi connectivity index (χ0) is 10.7. The molecule has 0 bridgehead atoms. The Labute approximate surface area is 94.7 Å². The smallest absolute Gasteiger partial charge is 0.150 e. The van der Waals surface area contributed by atoms with E-state index in [0.717, 1.165) is 18.9 Å². The lowest BCUT2D eigenvalue weighted by molar-refractivity contribution is 0.443. The minimum atomic E-state index is 0.478. The first-order chi connectivity index (χ1) is 7.29. The van der Waals surface area contributed by atoms with Crippen LogP contribution in [-0.2, 0) is 0 Å². The van der Waals surface area contributed by atoms with E-state index in [1.165, 1.54) is 19.2 Å². The van der Waals surface area contributed by atoms with Crippen LogP contribution < -0.4 is 10.2 Å². The summed E-state index contributed by atoms with van der Waals surface area (Å²) in [5, 5.41) is 3.99. The van der Waals surface area contributed by atoms with Crippen LogP contribution in [0.3, 0.4) is 0 Å². The Kier molecular flexibility index (Phi) is 3.38. The number of nitrogens with zero attached hydrogens (tertiary/aromatic N) is 3. The summed E-state index contributed by atoms with van der Waals surface area (Å²) in [6.45, 7) is 2.11. The Balaban J connectivity index is 2.12. The van der Waals surface area contributed by atoms with E-state index in [4.69, 9.17) is 11.6 Å². The molecule has 1 saturated heterocycles. The summed E-state index contributed by atoms with van der Waals surface area (Å²) in [6, 6.07) is 0.478. The van der Waals surface area contributed by atoms with E-state index in [1.54, 1.807) is 6.20 Å². The van der Waals surface area contributed by atoms with Crippen LogP contribution in [0.25, 0.3) is 0 Å². The maximum atomic E-state index is 6.05. The van der Waals surface area contributed by atoms with Crippen LogP contribution in [0.5, 0.6) is 0 Å². The molecule has 1 aliphatic rings. The zero-order valence-corrected chi connectivity index (χ0v) is 9.54. The number of hydrogen-bond acceptors (Lipinski definition) is 4. The van der Waals surface area contributed by atoms with Crippen LogP contribution in [0.1, 0.15) is 12.8 Å². The number of likely N-dealkylation sites (N-methyl/N-ethyl adjacent to an activating group) is 1. The second kappa shape index (κ2) is 4.77. The molecule has 82 valence electrons. The van der Waals surface area contributed by atoms with E-state index in [2.05, 4.69) is 20.2 Å². The van der Waals surface area contributed by atoms with Gasteiger partial charge < -0.3 is 10.2 Å². The van der Waals surface area contributed by atoms with Gasteiger partial charge >= 0.3 is 0 Å². The molecule has 15 heavy (non-hydrogen) atoms. The summed E-state index contributed by atoms with van der Waals surface area (Å²) in [6.07, 6.45) is 5.56. The third-order valence-corrected chi connectivity index (χ3v) is 3.07. The zero-order valence-electron chi connectivity index (χ0n) is 8.78. The van der Waals surface area contributed by atoms with Gasteiger partial charge in [0.25, 0.3) is 0 Å². The van der Waals surface area contributed by atoms with Gasteiger partial charge in [-0.15, -0.1) is 0 Å².